The molecule has 0 spiro atoms. The number of hydrogen-bond donors (Lipinski definition) is 0. The largest absolute Gasteiger partial charge is 0.461 e. The molecule has 1 aromatic carbocycles. The van der Waals surface area contributed by atoms with Crippen molar-refractivity contribution >= 4 is 11.0 Å². The predicted octanol–water partition coefficient (Wildman–Crippen LogP) is 4.42. The van der Waals surface area contributed by atoms with Gasteiger partial charge in [-0.3, -0.25) is 4.79 Å². The monoisotopic (exact) mass is 284 g/mol. The van der Waals surface area contributed by atoms with Crippen molar-refractivity contribution in [2.45, 2.75) is 39.3 Å². The van der Waals surface area contributed by atoms with Crippen molar-refractivity contribution in [3.63, 3.8) is 0 Å². The van der Waals surface area contributed by atoms with Crippen LogP contribution in [0.15, 0.2) is 27.4 Å². The highest BCUT2D eigenvalue weighted by Crippen LogP contribution is 2.32. The molecule has 0 bridgehead atoms. The Balaban J connectivity index is 2.81. The molecule has 0 N–H and O–H groups in total. The summed E-state index contributed by atoms with van der Waals surface area (Å²) in [7, 11) is 0. The molecule has 2 rings (SSSR count). The first-order valence-corrected chi connectivity index (χ1v) is 6.17. The highest BCUT2D eigenvalue weighted by molar-refractivity contribution is 5.78. The van der Waals surface area contributed by atoms with Crippen LogP contribution in [0, 0.1) is 6.92 Å². The highest BCUT2D eigenvalue weighted by atomic mass is 19.4. The van der Waals surface area contributed by atoms with Gasteiger partial charge in [-0.05, 0) is 30.5 Å². The van der Waals surface area contributed by atoms with Gasteiger partial charge < -0.3 is 4.42 Å². The SMILES string of the molecule is Cc1oc2cc(C(F)(F)F)ccc2c(=O)c1C(C)(C)C. The van der Waals surface area contributed by atoms with Gasteiger partial charge >= 0.3 is 6.18 Å². The van der Waals surface area contributed by atoms with Crippen molar-refractivity contribution in [2.75, 3.05) is 0 Å². The van der Waals surface area contributed by atoms with Crippen molar-refractivity contribution in [1.82, 2.24) is 0 Å². The Kier molecular flexibility index (Phi) is 3.19. The number of benzene rings is 1. The van der Waals surface area contributed by atoms with Gasteiger partial charge in [-0.15, -0.1) is 0 Å². The fourth-order valence-electron chi connectivity index (χ4n) is 2.35. The molecule has 0 unspecified atom stereocenters. The third kappa shape index (κ3) is 2.44. The summed E-state index contributed by atoms with van der Waals surface area (Å²) >= 11 is 0. The van der Waals surface area contributed by atoms with Gasteiger partial charge in [0, 0.05) is 5.56 Å². The van der Waals surface area contributed by atoms with Gasteiger partial charge in [-0.1, -0.05) is 20.8 Å². The van der Waals surface area contributed by atoms with Crippen molar-refractivity contribution in [1.29, 1.82) is 0 Å². The molecule has 0 atom stereocenters. The van der Waals surface area contributed by atoms with E-state index in [1.54, 1.807) is 6.92 Å². The lowest BCUT2D eigenvalue weighted by molar-refractivity contribution is -0.137. The summed E-state index contributed by atoms with van der Waals surface area (Å²) in [6, 6.07) is 2.95. The fraction of sp³-hybridized carbons (Fsp3) is 0.400. The van der Waals surface area contributed by atoms with Crippen LogP contribution in [0.3, 0.4) is 0 Å². The Hall–Kier alpha value is -1.78. The molecule has 0 aliphatic heterocycles. The zero-order chi connectivity index (χ0) is 15.3. The number of rotatable bonds is 0. The van der Waals surface area contributed by atoms with E-state index < -0.39 is 17.2 Å². The average molecular weight is 284 g/mol. The van der Waals surface area contributed by atoms with E-state index in [-0.39, 0.29) is 16.4 Å². The summed E-state index contributed by atoms with van der Waals surface area (Å²) in [5.74, 6) is 0.356. The normalized spacial score (nSPS) is 12.9. The molecule has 0 saturated carbocycles. The number of aryl methyl sites for hydroxylation is 1. The molecule has 0 aliphatic carbocycles. The first-order chi connectivity index (χ1) is 9.01. The van der Waals surface area contributed by atoms with Crippen LogP contribution in [0.5, 0.6) is 0 Å². The highest BCUT2D eigenvalue weighted by Gasteiger charge is 2.31. The maximum absolute atomic E-state index is 12.7. The number of fused-ring (bicyclic) bond motifs is 1. The van der Waals surface area contributed by atoms with Crippen molar-refractivity contribution < 1.29 is 17.6 Å². The molecule has 1 heterocycles. The van der Waals surface area contributed by atoms with Crippen molar-refractivity contribution in [2.24, 2.45) is 0 Å². The molecular weight excluding hydrogens is 269 g/mol. The molecule has 0 saturated heterocycles. The third-order valence-corrected chi connectivity index (χ3v) is 3.15. The standard InChI is InChI=1S/C15H15F3O2/c1-8-12(14(2,3)4)13(19)10-6-5-9(15(16,17)18)7-11(10)20-8/h5-7H,1-4H3. The van der Waals surface area contributed by atoms with Crippen LogP contribution >= 0.6 is 0 Å². The summed E-state index contributed by atoms with van der Waals surface area (Å²) in [4.78, 5) is 12.4. The molecule has 108 valence electrons. The van der Waals surface area contributed by atoms with Crippen LogP contribution in [-0.2, 0) is 11.6 Å². The Morgan fingerprint density at radius 3 is 2.20 bits per heavy atom. The van der Waals surface area contributed by atoms with Gasteiger partial charge in [0.25, 0.3) is 0 Å². The molecule has 0 radical (unpaired) electrons. The maximum atomic E-state index is 12.7. The van der Waals surface area contributed by atoms with Crippen LogP contribution in [0.1, 0.15) is 37.7 Å². The van der Waals surface area contributed by atoms with Gasteiger partial charge in [-0.2, -0.15) is 13.2 Å². The first kappa shape index (κ1) is 14.6. The van der Waals surface area contributed by atoms with Crippen molar-refractivity contribution in [3.8, 4) is 0 Å². The Morgan fingerprint density at radius 2 is 1.70 bits per heavy atom. The zero-order valence-corrected chi connectivity index (χ0v) is 11.7. The van der Waals surface area contributed by atoms with E-state index in [2.05, 4.69) is 0 Å². The minimum absolute atomic E-state index is 0.0321. The lowest BCUT2D eigenvalue weighted by atomic mass is 9.85. The van der Waals surface area contributed by atoms with E-state index >= 15 is 0 Å². The Bertz CT molecular complexity index is 719. The number of hydrogen-bond acceptors (Lipinski definition) is 2. The van der Waals surface area contributed by atoms with Crippen LogP contribution in [0.4, 0.5) is 13.2 Å². The maximum Gasteiger partial charge on any atom is 0.416 e. The van der Waals surface area contributed by atoms with E-state index in [1.807, 2.05) is 20.8 Å². The second-order valence-corrected chi connectivity index (χ2v) is 5.82. The van der Waals surface area contributed by atoms with Crippen LogP contribution in [-0.4, -0.2) is 0 Å². The zero-order valence-electron chi connectivity index (χ0n) is 11.7. The molecule has 0 aliphatic rings. The Labute approximate surface area is 114 Å². The van der Waals surface area contributed by atoms with Crippen LogP contribution in [0.2, 0.25) is 0 Å². The molecule has 20 heavy (non-hydrogen) atoms. The summed E-state index contributed by atoms with van der Waals surface area (Å²) in [6.07, 6.45) is -4.45. The molecule has 1 aromatic heterocycles. The number of alkyl halides is 3. The van der Waals surface area contributed by atoms with E-state index in [4.69, 9.17) is 4.42 Å². The smallest absolute Gasteiger partial charge is 0.416 e. The summed E-state index contributed by atoms with van der Waals surface area (Å²) < 4.78 is 43.4. The van der Waals surface area contributed by atoms with Gasteiger partial charge in [0.05, 0.1) is 10.9 Å². The van der Waals surface area contributed by atoms with E-state index in [0.717, 1.165) is 12.1 Å². The third-order valence-electron chi connectivity index (χ3n) is 3.15. The van der Waals surface area contributed by atoms with Gasteiger partial charge in [0.1, 0.15) is 11.3 Å². The molecule has 2 aromatic rings. The topological polar surface area (TPSA) is 30.2 Å². The summed E-state index contributed by atoms with van der Waals surface area (Å²) in [5.41, 5.74) is -1.07. The van der Waals surface area contributed by atoms with E-state index in [1.165, 1.54) is 6.07 Å². The van der Waals surface area contributed by atoms with Crippen LogP contribution in [0.25, 0.3) is 11.0 Å². The second kappa shape index (κ2) is 4.36. The van der Waals surface area contributed by atoms with E-state index in [0.29, 0.717) is 11.3 Å². The molecule has 0 fully saturated rings. The average Bonchev–Trinajstić information content (AvgIpc) is 2.24. The predicted molar refractivity (Wildman–Crippen MR) is 70.9 cm³/mol. The van der Waals surface area contributed by atoms with Gasteiger partial charge in [0.2, 0.25) is 0 Å². The summed E-state index contributed by atoms with van der Waals surface area (Å²) in [5, 5.41) is 0.175. The minimum atomic E-state index is -4.45. The first-order valence-electron chi connectivity index (χ1n) is 6.17. The minimum Gasteiger partial charge on any atom is -0.461 e. The van der Waals surface area contributed by atoms with E-state index in [9.17, 15) is 18.0 Å². The number of halogens is 3. The molecular formula is C15H15F3O2. The summed E-state index contributed by atoms with van der Waals surface area (Å²) in [6.45, 7) is 7.19. The van der Waals surface area contributed by atoms with Crippen molar-refractivity contribution in [3.05, 3.63) is 45.3 Å². The fourth-order valence-corrected chi connectivity index (χ4v) is 2.35. The van der Waals surface area contributed by atoms with Gasteiger partial charge in [0.15, 0.2) is 5.43 Å². The van der Waals surface area contributed by atoms with Crippen LogP contribution < -0.4 is 5.43 Å². The molecule has 5 heteroatoms. The molecule has 2 nitrogen and oxygen atoms in total. The Morgan fingerprint density at radius 1 is 1.10 bits per heavy atom. The lowest BCUT2D eigenvalue weighted by Gasteiger charge is -2.20. The molecule has 0 amide bonds. The van der Waals surface area contributed by atoms with Gasteiger partial charge in [-0.25, -0.2) is 0 Å². The lowest BCUT2D eigenvalue weighted by Crippen LogP contribution is -2.24. The quantitative estimate of drug-likeness (QED) is 0.717. The second-order valence-electron chi connectivity index (χ2n) is 5.82.